The van der Waals surface area contributed by atoms with Crippen LogP contribution in [-0.4, -0.2) is 27.4 Å². The van der Waals surface area contributed by atoms with E-state index < -0.39 is 6.10 Å². The van der Waals surface area contributed by atoms with Crippen LogP contribution in [0.15, 0.2) is 65.1 Å². The molecular weight excluding hydrogens is 468 g/mol. The van der Waals surface area contributed by atoms with E-state index in [0.29, 0.717) is 13.2 Å². The van der Waals surface area contributed by atoms with E-state index in [4.69, 9.17) is 14.5 Å². The molecule has 6 heteroatoms. The van der Waals surface area contributed by atoms with Crippen LogP contribution in [-0.2, 0) is 13.2 Å². The minimum atomic E-state index is -0.696. The summed E-state index contributed by atoms with van der Waals surface area (Å²) in [6.45, 7) is 7.07. The number of fused-ring (bicyclic) bond motifs is 1. The Morgan fingerprint density at radius 3 is 2.38 bits per heavy atom. The number of aliphatic hydroxyl groups excluding tert-OH is 1. The number of para-hydroxylation sites is 2. The molecule has 0 fully saturated rings. The highest BCUT2D eigenvalue weighted by Gasteiger charge is 2.16. The van der Waals surface area contributed by atoms with Crippen LogP contribution in [0.4, 0.5) is 0 Å². The third-order valence-electron chi connectivity index (χ3n) is 5.33. The number of hydrogen-bond donors (Lipinski definition) is 1. The molecule has 1 unspecified atom stereocenters. The summed E-state index contributed by atoms with van der Waals surface area (Å²) in [7, 11) is 0. The molecule has 32 heavy (non-hydrogen) atoms. The maximum Gasteiger partial charge on any atom is 0.148 e. The third-order valence-corrected chi connectivity index (χ3v) is 5.86. The number of nitrogens with zero attached hydrogens (tertiary/aromatic N) is 2. The number of halogens is 1. The van der Waals surface area contributed by atoms with Gasteiger partial charge in [-0.05, 0) is 68.3 Å². The fourth-order valence-corrected chi connectivity index (χ4v) is 4.22. The van der Waals surface area contributed by atoms with Crippen molar-refractivity contribution in [2.75, 3.05) is 6.61 Å². The van der Waals surface area contributed by atoms with E-state index in [1.165, 1.54) is 5.56 Å². The first kappa shape index (κ1) is 22.4. The van der Waals surface area contributed by atoms with Crippen molar-refractivity contribution < 1.29 is 14.6 Å². The number of aryl methyl sites for hydroxylation is 3. The zero-order valence-electron chi connectivity index (χ0n) is 18.5. The van der Waals surface area contributed by atoms with Crippen LogP contribution < -0.4 is 9.47 Å². The molecule has 0 amide bonds. The van der Waals surface area contributed by atoms with Gasteiger partial charge in [0.15, 0.2) is 0 Å². The molecule has 4 aromatic rings. The van der Waals surface area contributed by atoms with Crippen molar-refractivity contribution in [2.24, 2.45) is 0 Å². The first-order chi connectivity index (χ1) is 15.4. The Balaban J connectivity index is 1.52. The zero-order chi connectivity index (χ0) is 22.7. The fourth-order valence-electron chi connectivity index (χ4n) is 3.96. The van der Waals surface area contributed by atoms with Gasteiger partial charge in [-0.25, -0.2) is 4.98 Å². The van der Waals surface area contributed by atoms with Crippen molar-refractivity contribution in [1.29, 1.82) is 0 Å². The molecule has 1 atom stereocenters. The van der Waals surface area contributed by atoms with Crippen LogP contribution >= 0.6 is 15.9 Å². The number of imidazole rings is 1. The first-order valence-corrected chi connectivity index (χ1v) is 11.4. The molecular formula is C26H27BrN2O3. The number of hydrogen-bond acceptors (Lipinski definition) is 4. The highest BCUT2D eigenvalue weighted by molar-refractivity contribution is 9.10. The van der Waals surface area contributed by atoms with Gasteiger partial charge in [0, 0.05) is 4.47 Å². The minimum absolute atomic E-state index is 0.185. The molecule has 166 valence electrons. The molecule has 0 saturated heterocycles. The second-order valence-electron chi connectivity index (χ2n) is 8.06. The summed E-state index contributed by atoms with van der Waals surface area (Å²) in [5.74, 6) is 2.37. The number of aliphatic hydroxyl groups is 1. The molecule has 0 aliphatic carbocycles. The maximum atomic E-state index is 10.7. The normalized spacial score (nSPS) is 12.2. The molecule has 0 aliphatic heterocycles. The number of benzene rings is 3. The third kappa shape index (κ3) is 5.14. The van der Waals surface area contributed by atoms with Crippen LogP contribution in [0.2, 0.25) is 0 Å². The van der Waals surface area contributed by atoms with Crippen LogP contribution in [0, 0.1) is 20.8 Å². The van der Waals surface area contributed by atoms with Gasteiger partial charge in [0.25, 0.3) is 0 Å². The van der Waals surface area contributed by atoms with E-state index >= 15 is 0 Å². The van der Waals surface area contributed by atoms with E-state index in [0.717, 1.165) is 44.0 Å². The Bertz CT molecular complexity index is 1190. The molecule has 0 radical (unpaired) electrons. The lowest BCUT2D eigenvalue weighted by molar-refractivity contribution is 0.0917. The van der Waals surface area contributed by atoms with Gasteiger partial charge in [0.05, 0.1) is 17.6 Å². The average molecular weight is 495 g/mol. The van der Waals surface area contributed by atoms with Gasteiger partial charge >= 0.3 is 0 Å². The summed E-state index contributed by atoms with van der Waals surface area (Å²) >= 11 is 3.41. The van der Waals surface area contributed by atoms with Gasteiger partial charge in [-0.3, -0.25) is 0 Å². The monoisotopic (exact) mass is 494 g/mol. The SMILES string of the molecule is Cc1cc(C)c(OCc2nc3ccccc3n2CC(O)COc2ccc(Br)cc2)c(C)c1. The van der Waals surface area contributed by atoms with Crippen molar-refractivity contribution >= 4 is 27.0 Å². The van der Waals surface area contributed by atoms with Crippen LogP contribution in [0.25, 0.3) is 11.0 Å². The van der Waals surface area contributed by atoms with Gasteiger partial charge in [0.2, 0.25) is 0 Å². The molecule has 0 saturated carbocycles. The number of ether oxygens (including phenoxy) is 2. The van der Waals surface area contributed by atoms with E-state index in [2.05, 4.69) is 48.8 Å². The number of rotatable bonds is 8. The zero-order valence-corrected chi connectivity index (χ0v) is 20.1. The van der Waals surface area contributed by atoms with Crippen molar-refractivity contribution in [2.45, 2.75) is 40.0 Å². The molecule has 0 spiro atoms. The summed E-state index contributed by atoms with van der Waals surface area (Å²) in [6, 6.07) is 19.7. The predicted octanol–water partition coefficient (Wildman–Crippen LogP) is 5.74. The minimum Gasteiger partial charge on any atom is -0.491 e. The van der Waals surface area contributed by atoms with Crippen molar-refractivity contribution in [1.82, 2.24) is 9.55 Å². The Labute approximate surface area is 196 Å². The Morgan fingerprint density at radius 1 is 0.969 bits per heavy atom. The van der Waals surface area contributed by atoms with Crippen molar-refractivity contribution in [3.63, 3.8) is 0 Å². The van der Waals surface area contributed by atoms with Crippen LogP contribution in [0.1, 0.15) is 22.5 Å². The van der Waals surface area contributed by atoms with Gasteiger partial charge < -0.3 is 19.1 Å². The maximum absolute atomic E-state index is 10.7. The van der Waals surface area contributed by atoms with Gasteiger partial charge in [0.1, 0.15) is 36.6 Å². The highest BCUT2D eigenvalue weighted by Crippen LogP contribution is 2.26. The molecule has 0 bridgehead atoms. The molecule has 0 aliphatic rings. The molecule has 1 aromatic heterocycles. The van der Waals surface area contributed by atoms with E-state index in [1.807, 2.05) is 53.1 Å². The summed E-state index contributed by atoms with van der Waals surface area (Å²) in [5.41, 5.74) is 5.27. The van der Waals surface area contributed by atoms with E-state index in [9.17, 15) is 5.11 Å². The summed E-state index contributed by atoms with van der Waals surface area (Å²) < 4.78 is 15.0. The van der Waals surface area contributed by atoms with E-state index in [-0.39, 0.29) is 6.61 Å². The largest absolute Gasteiger partial charge is 0.491 e. The lowest BCUT2D eigenvalue weighted by Crippen LogP contribution is -2.25. The quantitative estimate of drug-likeness (QED) is 0.339. The average Bonchev–Trinajstić information content (AvgIpc) is 3.10. The topological polar surface area (TPSA) is 56.5 Å². The molecule has 1 N–H and O–H groups in total. The summed E-state index contributed by atoms with van der Waals surface area (Å²) in [4.78, 5) is 4.77. The molecule has 4 rings (SSSR count). The number of aromatic nitrogens is 2. The molecule has 3 aromatic carbocycles. The fraction of sp³-hybridized carbons (Fsp3) is 0.269. The van der Waals surface area contributed by atoms with Gasteiger partial charge in [-0.15, -0.1) is 0 Å². The second-order valence-corrected chi connectivity index (χ2v) is 8.98. The molecule has 1 heterocycles. The Morgan fingerprint density at radius 2 is 1.66 bits per heavy atom. The Kier molecular flexibility index (Phi) is 6.82. The highest BCUT2D eigenvalue weighted by atomic mass is 79.9. The Hall–Kier alpha value is -2.83. The predicted molar refractivity (Wildman–Crippen MR) is 130 cm³/mol. The summed E-state index contributed by atoms with van der Waals surface area (Å²) in [5, 5.41) is 10.7. The lowest BCUT2D eigenvalue weighted by atomic mass is 10.1. The van der Waals surface area contributed by atoms with Crippen LogP contribution in [0.5, 0.6) is 11.5 Å². The van der Waals surface area contributed by atoms with E-state index in [1.54, 1.807) is 0 Å². The standard InChI is InChI=1S/C26H27BrN2O3/c1-17-12-18(2)26(19(3)13-17)32-16-25-28-23-6-4-5-7-24(23)29(25)14-21(30)15-31-22-10-8-20(27)9-11-22/h4-13,21,30H,14-16H2,1-3H3. The van der Waals surface area contributed by atoms with Crippen molar-refractivity contribution in [3.05, 3.63) is 87.7 Å². The van der Waals surface area contributed by atoms with Gasteiger partial charge in [-0.1, -0.05) is 45.8 Å². The smallest absolute Gasteiger partial charge is 0.148 e. The summed E-state index contributed by atoms with van der Waals surface area (Å²) in [6.07, 6.45) is -0.696. The second kappa shape index (κ2) is 9.76. The van der Waals surface area contributed by atoms with Gasteiger partial charge in [-0.2, -0.15) is 0 Å². The van der Waals surface area contributed by atoms with Crippen molar-refractivity contribution in [3.8, 4) is 11.5 Å². The first-order valence-electron chi connectivity index (χ1n) is 10.6. The van der Waals surface area contributed by atoms with Crippen LogP contribution in [0.3, 0.4) is 0 Å². The molecule has 5 nitrogen and oxygen atoms in total. The lowest BCUT2D eigenvalue weighted by Gasteiger charge is -2.17.